The summed E-state index contributed by atoms with van der Waals surface area (Å²) in [5, 5.41) is 4.93. The van der Waals surface area contributed by atoms with Gasteiger partial charge in [0.15, 0.2) is 0 Å². The van der Waals surface area contributed by atoms with Crippen molar-refractivity contribution in [1.82, 2.24) is 10.3 Å². The highest BCUT2D eigenvalue weighted by atomic mass is 14.9. The Balaban J connectivity index is 1.36. The molecule has 0 unspecified atom stereocenters. The van der Waals surface area contributed by atoms with Gasteiger partial charge in [0.05, 0.1) is 0 Å². The zero-order valence-electron chi connectivity index (χ0n) is 23.6. The Morgan fingerprint density at radius 2 is 1.26 bits per heavy atom. The molecule has 0 aliphatic heterocycles. The molecule has 35 heavy (non-hydrogen) atoms. The van der Waals surface area contributed by atoms with Crippen LogP contribution in [-0.2, 0) is 6.42 Å². The lowest BCUT2D eigenvalue weighted by atomic mass is 10.0. The summed E-state index contributed by atoms with van der Waals surface area (Å²) in [4.78, 5) is 3.47. The molecule has 0 fully saturated rings. The Morgan fingerprint density at radius 1 is 0.743 bits per heavy atom. The lowest BCUT2D eigenvalue weighted by Gasteiger charge is -2.09. The monoisotopic (exact) mass is 480 g/mol. The van der Waals surface area contributed by atoms with Gasteiger partial charge in [0.1, 0.15) is 0 Å². The predicted molar refractivity (Wildman–Crippen MR) is 157 cm³/mol. The van der Waals surface area contributed by atoms with Crippen LogP contribution in [0.15, 0.2) is 30.6 Å². The maximum absolute atomic E-state index is 4.25. The Labute approximate surface area is 217 Å². The average molecular weight is 481 g/mol. The molecule has 1 aromatic carbocycles. The van der Waals surface area contributed by atoms with Gasteiger partial charge in [-0.1, -0.05) is 128 Å². The van der Waals surface area contributed by atoms with Gasteiger partial charge in [-0.15, -0.1) is 0 Å². The predicted octanol–water partition coefficient (Wildman–Crippen LogP) is 10.5. The number of fused-ring (bicyclic) bond motifs is 1. The van der Waals surface area contributed by atoms with Gasteiger partial charge in [-0.05, 0) is 49.8 Å². The second kappa shape index (κ2) is 18.6. The van der Waals surface area contributed by atoms with Crippen LogP contribution >= 0.6 is 0 Å². The molecule has 1 aromatic heterocycles. The summed E-state index contributed by atoms with van der Waals surface area (Å²) in [6.45, 7) is 11.9. The topological polar surface area (TPSA) is 27.8 Å². The molecule has 0 aliphatic carbocycles. The van der Waals surface area contributed by atoms with Crippen molar-refractivity contribution in [2.24, 2.45) is 0 Å². The third-order valence-electron chi connectivity index (χ3n) is 7.82. The third-order valence-corrected chi connectivity index (χ3v) is 7.82. The number of aromatic nitrogens is 1. The summed E-state index contributed by atoms with van der Waals surface area (Å²) >= 11 is 0. The van der Waals surface area contributed by atoms with E-state index in [9.17, 15) is 0 Å². The number of hydrogen-bond acceptors (Lipinski definition) is 1. The molecule has 2 heteroatoms. The molecular weight excluding hydrogens is 424 g/mol. The zero-order chi connectivity index (χ0) is 25.1. The van der Waals surface area contributed by atoms with E-state index >= 15 is 0 Å². The number of nitrogens with one attached hydrogen (secondary N) is 2. The minimum atomic E-state index is 0.970. The SMILES string of the molecule is C=C(CCCCCCCCCCCCCCCCCCC)NCCc1c[nH]c2c(C)c(C)ccc12. The molecule has 1 heterocycles. The molecule has 0 spiro atoms. The lowest BCUT2D eigenvalue weighted by Crippen LogP contribution is -2.15. The minimum Gasteiger partial charge on any atom is -0.388 e. The van der Waals surface area contributed by atoms with Crippen molar-refractivity contribution in [2.75, 3.05) is 6.54 Å². The molecule has 0 radical (unpaired) electrons. The fraction of sp³-hybridized carbons (Fsp3) is 0.697. The molecule has 0 aliphatic rings. The number of aromatic amines is 1. The van der Waals surface area contributed by atoms with Gasteiger partial charge in [-0.25, -0.2) is 0 Å². The third kappa shape index (κ3) is 12.2. The number of rotatable bonds is 22. The molecule has 0 saturated carbocycles. The van der Waals surface area contributed by atoms with Crippen LogP contribution in [0, 0.1) is 13.8 Å². The second-order valence-electron chi connectivity index (χ2n) is 10.9. The van der Waals surface area contributed by atoms with E-state index in [0.29, 0.717) is 0 Å². The van der Waals surface area contributed by atoms with Crippen LogP contribution in [0.4, 0.5) is 0 Å². The fourth-order valence-electron chi connectivity index (χ4n) is 5.24. The maximum Gasteiger partial charge on any atom is 0.0489 e. The van der Waals surface area contributed by atoms with Crippen molar-refractivity contribution in [3.63, 3.8) is 0 Å². The normalized spacial score (nSPS) is 11.4. The van der Waals surface area contributed by atoms with Gasteiger partial charge in [-0.3, -0.25) is 0 Å². The molecule has 0 saturated heterocycles. The van der Waals surface area contributed by atoms with Crippen molar-refractivity contribution >= 4 is 10.9 Å². The highest BCUT2D eigenvalue weighted by molar-refractivity contribution is 5.86. The Hall–Kier alpha value is -1.70. The van der Waals surface area contributed by atoms with E-state index in [-0.39, 0.29) is 0 Å². The molecule has 2 nitrogen and oxygen atoms in total. The Morgan fingerprint density at radius 3 is 1.80 bits per heavy atom. The quantitative estimate of drug-likeness (QED) is 0.161. The van der Waals surface area contributed by atoms with E-state index in [2.05, 4.69) is 56.0 Å². The fourth-order valence-corrected chi connectivity index (χ4v) is 5.24. The van der Waals surface area contributed by atoms with E-state index in [1.165, 1.54) is 142 Å². The van der Waals surface area contributed by atoms with Crippen LogP contribution in [-0.4, -0.2) is 11.5 Å². The molecule has 198 valence electrons. The standard InChI is InChI=1S/C33H56N2/c1-5-6-7-8-9-10-11-12-13-14-15-16-17-18-19-20-21-22-29(3)34-26-25-31-27-35-33-30(4)28(2)23-24-32(31)33/h23-24,27,34-35H,3,5-22,25-26H2,1-2,4H3. The molecule has 2 rings (SSSR count). The molecule has 2 aromatic rings. The van der Waals surface area contributed by atoms with Crippen LogP contribution in [0.3, 0.4) is 0 Å². The van der Waals surface area contributed by atoms with E-state index < -0.39 is 0 Å². The summed E-state index contributed by atoms with van der Waals surface area (Å²) in [5.74, 6) is 0. The largest absolute Gasteiger partial charge is 0.388 e. The molecule has 0 bridgehead atoms. The van der Waals surface area contributed by atoms with Crippen molar-refractivity contribution in [3.05, 3.63) is 47.3 Å². The van der Waals surface area contributed by atoms with Crippen molar-refractivity contribution in [3.8, 4) is 0 Å². The first-order valence-corrected chi connectivity index (χ1v) is 15.1. The van der Waals surface area contributed by atoms with Gasteiger partial charge < -0.3 is 10.3 Å². The number of unbranched alkanes of at least 4 members (excludes halogenated alkanes) is 16. The van der Waals surface area contributed by atoms with Gasteiger partial charge in [-0.2, -0.15) is 0 Å². The van der Waals surface area contributed by atoms with Crippen molar-refractivity contribution in [2.45, 2.75) is 143 Å². The second-order valence-corrected chi connectivity index (χ2v) is 10.9. The Bertz CT molecular complexity index is 816. The van der Waals surface area contributed by atoms with E-state index in [0.717, 1.165) is 19.4 Å². The first-order valence-electron chi connectivity index (χ1n) is 15.1. The van der Waals surface area contributed by atoms with Gasteiger partial charge >= 0.3 is 0 Å². The summed E-state index contributed by atoms with van der Waals surface area (Å²) in [7, 11) is 0. The summed E-state index contributed by atoms with van der Waals surface area (Å²) in [6, 6.07) is 4.50. The first kappa shape index (κ1) is 29.5. The summed E-state index contributed by atoms with van der Waals surface area (Å²) in [6.07, 6.45) is 28.6. The molecular formula is C33H56N2. The van der Waals surface area contributed by atoms with E-state index in [1.807, 2.05) is 0 Å². The number of H-pyrrole nitrogens is 1. The van der Waals surface area contributed by atoms with Crippen LogP contribution < -0.4 is 5.32 Å². The van der Waals surface area contributed by atoms with E-state index in [4.69, 9.17) is 0 Å². The first-order chi connectivity index (χ1) is 17.1. The lowest BCUT2D eigenvalue weighted by molar-refractivity contribution is 0.526. The van der Waals surface area contributed by atoms with Crippen molar-refractivity contribution < 1.29 is 0 Å². The van der Waals surface area contributed by atoms with Crippen LogP contribution in [0.25, 0.3) is 10.9 Å². The van der Waals surface area contributed by atoms with Gasteiger partial charge in [0.2, 0.25) is 0 Å². The molecule has 0 atom stereocenters. The molecule has 0 amide bonds. The van der Waals surface area contributed by atoms with Crippen LogP contribution in [0.5, 0.6) is 0 Å². The van der Waals surface area contributed by atoms with E-state index in [1.54, 1.807) is 0 Å². The van der Waals surface area contributed by atoms with Crippen molar-refractivity contribution in [1.29, 1.82) is 0 Å². The maximum atomic E-state index is 4.25. The summed E-state index contributed by atoms with van der Waals surface area (Å²) in [5.41, 5.74) is 6.62. The van der Waals surface area contributed by atoms with Crippen LogP contribution in [0.2, 0.25) is 0 Å². The average Bonchev–Trinajstić information content (AvgIpc) is 3.27. The number of aryl methyl sites for hydroxylation is 2. The van der Waals surface area contributed by atoms with Gasteiger partial charge in [0, 0.05) is 29.3 Å². The smallest absolute Gasteiger partial charge is 0.0489 e. The summed E-state index contributed by atoms with van der Waals surface area (Å²) < 4.78 is 0. The molecule has 2 N–H and O–H groups in total. The zero-order valence-corrected chi connectivity index (χ0v) is 23.6. The number of hydrogen-bond donors (Lipinski definition) is 2. The highest BCUT2D eigenvalue weighted by Gasteiger charge is 2.07. The number of benzene rings is 1. The minimum absolute atomic E-state index is 0.970. The Kier molecular flexibility index (Phi) is 15.7. The van der Waals surface area contributed by atoms with Gasteiger partial charge in [0.25, 0.3) is 0 Å². The highest BCUT2D eigenvalue weighted by Crippen LogP contribution is 2.24. The number of allylic oxidation sites excluding steroid dienone is 1. The van der Waals surface area contributed by atoms with Crippen LogP contribution in [0.1, 0.15) is 139 Å².